The van der Waals surface area contributed by atoms with Crippen molar-refractivity contribution in [2.24, 2.45) is 25.8 Å². The normalized spacial score (nSPS) is 22.0. The van der Waals surface area contributed by atoms with Gasteiger partial charge in [0.15, 0.2) is 61.0 Å². The van der Waals surface area contributed by atoms with Gasteiger partial charge in [-0.25, -0.2) is 24.0 Å². The summed E-state index contributed by atoms with van der Waals surface area (Å²) in [4.78, 5) is 97.0. The second-order valence-corrected chi connectivity index (χ2v) is 31.3. The molecular weight excluding hydrogens is 1700 g/mol. The molecule has 0 aliphatic carbocycles. The first-order valence-electron chi connectivity index (χ1n) is 43.3. The van der Waals surface area contributed by atoms with Crippen LogP contribution in [0.3, 0.4) is 0 Å². The molecule has 10 aliphatic rings. The number of amides is 5. The fourth-order valence-electron chi connectivity index (χ4n) is 15.3. The number of carbonyl (C=O) groups excluding carboxylic acids is 5. The van der Waals surface area contributed by atoms with Gasteiger partial charge in [-0.2, -0.15) is 0 Å². The average molecular weight is 1790 g/mol. The van der Waals surface area contributed by atoms with E-state index in [-0.39, 0.29) is 55.4 Å². The molecule has 678 valence electrons. The summed E-state index contributed by atoms with van der Waals surface area (Å²) in [5, 5.41) is 20.6. The summed E-state index contributed by atoms with van der Waals surface area (Å²) in [7, 11) is 2.70. The van der Waals surface area contributed by atoms with Gasteiger partial charge in [-0.05, 0) is 99.2 Å². The third-order valence-corrected chi connectivity index (χ3v) is 22.0. The van der Waals surface area contributed by atoms with E-state index in [1.807, 2.05) is 285 Å². The Hall–Kier alpha value is -16.4. The number of benzene rings is 10. The molecule has 10 heterocycles. The molecule has 0 saturated heterocycles. The van der Waals surface area contributed by atoms with Crippen molar-refractivity contribution < 1.29 is 95.5 Å². The van der Waals surface area contributed by atoms with E-state index in [2.05, 4.69) is 30.5 Å². The summed E-state index contributed by atoms with van der Waals surface area (Å²) in [6, 6.07) is 95.7. The highest BCUT2D eigenvalue weighted by Gasteiger charge is 2.47. The lowest BCUT2D eigenvalue weighted by Crippen LogP contribution is -2.50. The maximum Gasteiger partial charge on any atom is 0.419 e. The SMILES string of the molecule is COC(=O)N1C=CC2OC(Cc3ccccc3)=NO[C@H]2C1.COC(=O)N1C=CC2OC(Cc3ccccc3)=NO[C@H]2[C@@H]1c1ccccc1.O=C(OCc1ccccc1)N1C=CC2OC(Cc3ccccc3)=NO[C@H]2C1.O=C(Oc1ccccc1)N1C=CC2OC(Cc3ccccc3)=NO[C@H]2C1.O=C(Oc1ccccc1)N1C=CC2OC(Cc3ccccc3)=NO[C@H]2[C@@H]1c1ccccc1. The van der Waals surface area contributed by atoms with Crippen LogP contribution in [0.5, 0.6) is 11.5 Å². The number of carbonyl (C=O) groups is 5. The lowest BCUT2D eigenvalue weighted by molar-refractivity contribution is -0.0855. The fraction of sp³-hybridized carbons (Fsp3) is 0.223. The van der Waals surface area contributed by atoms with Crippen LogP contribution in [0.15, 0.2) is 390 Å². The molecule has 0 saturated carbocycles. The second kappa shape index (κ2) is 45.0. The Kier molecular flexibility index (Phi) is 30.5. The van der Waals surface area contributed by atoms with E-state index in [0.717, 1.165) is 44.5 Å². The van der Waals surface area contributed by atoms with Crippen LogP contribution in [0.1, 0.15) is 56.6 Å². The molecule has 30 heteroatoms. The van der Waals surface area contributed by atoms with Gasteiger partial charge >= 0.3 is 30.5 Å². The van der Waals surface area contributed by atoms with Crippen LogP contribution in [0.25, 0.3) is 0 Å². The van der Waals surface area contributed by atoms with Crippen molar-refractivity contribution in [2.45, 2.75) is 112 Å². The predicted octanol–water partition coefficient (Wildman–Crippen LogP) is 17.5. The van der Waals surface area contributed by atoms with Gasteiger partial charge in [0.05, 0.1) is 66.0 Å². The molecule has 133 heavy (non-hydrogen) atoms. The second-order valence-electron chi connectivity index (χ2n) is 31.3. The van der Waals surface area contributed by atoms with Gasteiger partial charge in [-0.1, -0.05) is 305 Å². The van der Waals surface area contributed by atoms with E-state index in [9.17, 15) is 24.0 Å². The minimum atomic E-state index is -0.509. The number of para-hydroxylation sites is 2. The van der Waals surface area contributed by atoms with E-state index in [0.29, 0.717) is 92.7 Å². The zero-order chi connectivity index (χ0) is 91.3. The van der Waals surface area contributed by atoms with E-state index in [1.165, 1.54) is 38.7 Å². The molecule has 0 N–H and O–H groups in total. The molecule has 12 atom stereocenters. The highest BCUT2D eigenvalue weighted by atomic mass is 16.7. The lowest BCUT2D eigenvalue weighted by atomic mass is 9.93. The molecule has 10 aromatic carbocycles. The van der Waals surface area contributed by atoms with Crippen LogP contribution in [-0.4, -0.2) is 179 Å². The molecule has 30 nitrogen and oxygen atoms in total. The molecule has 0 radical (unpaired) electrons. The van der Waals surface area contributed by atoms with Crippen molar-refractivity contribution in [1.82, 2.24) is 24.5 Å². The van der Waals surface area contributed by atoms with Crippen molar-refractivity contribution in [3.63, 3.8) is 0 Å². The summed E-state index contributed by atoms with van der Waals surface area (Å²) >= 11 is 0. The van der Waals surface area contributed by atoms with E-state index >= 15 is 0 Å². The fourth-order valence-corrected chi connectivity index (χ4v) is 15.3. The van der Waals surface area contributed by atoms with Gasteiger partial charge in [0.1, 0.15) is 30.2 Å². The van der Waals surface area contributed by atoms with Gasteiger partial charge in [0.25, 0.3) is 0 Å². The van der Waals surface area contributed by atoms with Gasteiger partial charge in [-0.15, -0.1) is 0 Å². The Bertz CT molecular complexity index is 5840. The van der Waals surface area contributed by atoms with Gasteiger partial charge in [0, 0.05) is 31.0 Å². The molecule has 10 aliphatic heterocycles. The summed E-state index contributed by atoms with van der Waals surface area (Å²) in [6.07, 6.45) is 14.5. The Labute approximate surface area is 768 Å². The van der Waals surface area contributed by atoms with Crippen LogP contribution in [-0.2, 0) is 101 Å². The molecule has 0 fully saturated rings. The molecule has 5 amide bonds. The summed E-state index contributed by atoms with van der Waals surface area (Å²) in [6.45, 7) is 1.23. The zero-order valence-electron chi connectivity index (χ0n) is 72.6. The molecule has 0 bridgehead atoms. The van der Waals surface area contributed by atoms with Crippen molar-refractivity contribution in [3.05, 3.63) is 409 Å². The Morgan fingerprint density at radius 2 is 0.549 bits per heavy atom. The van der Waals surface area contributed by atoms with Crippen LogP contribution in [0.2, 0.25) is 0 Å². The number of hydrogen-bond donors (Lipinski definition) is 0. The number of hydrogen-bond acceptors (Lipinski definition) is 25. The standard InChI is InChI=1S/C26H22N2O4.2C21H20N2O4.C20H18N2O4.C15H16N2O4/c29-26(30-21-14-8-3-9-15-21)28-17-16-22-25(24(28)20-12-6-2-7-13-20)32-27-23(31-22)18-19-10-4-1-5-11-19;1-25-21(24)23-13-12-17-20(19(23)16-10-6-3-7-11-16)27-22-18(26-17)14-15-8-4-2-5-9-15;24-21(25-15-17-9-5-2-6-10-17)23-12-11-18-19(14-23)27-22-20(26-18)13-16-7-3-1-4-8-16;23-20(24-16-9-5-2-6-10-16)22-12-11-17-18(14-22)26-21-19(25-17)13-15-7-3-1-4-8-15;1-19-15(18)17-8-7-12-13(10-17)21-16-14(20-12)9-11-5-3-2-4-6-11/h1-17,22,24-25H,18H2;2-13,17,19-20H,14H2,1H3;1-12,18-19H,13-15H2;1-12,17-18H,13-14H2;2-8,12-13H,9-10H2,1H3/t22?,24-,25+;17?,19-,20+;18?,19-;17?,18-;12?,13-/m00000/s1. The monoisotopic (exact) mass is 1790 g/mol. The van der Waals surface area contributed by atoms with Crippen LogP contribution >= 0.6 is 0 Å². The molecule has 0 spiro atoms. The lowest BCUT2D eigenvalue weighted by Gasteiger charge is -2.41. The van der Waals surface area contributed by atoms with Crippen molar-refractivity contribution in [3.8, 4) is 11.5 Å². The number of oxime groups is 5. The van der Waals surface area contributed by atoms with Crippen LogP contribution in [0, 0.1) is 0 Å². The third kappa shape index (κ3) is 24.5. The van der Waals surface area contributed by atoms with Crippen molar-refractivity contribution in [1.29, 1.82) is 0 Å². The Morgan fingerprint density at radius 1 is 0.286 bits per heavy atom. The summed E-state index contributed by atoms with van der Waals surface area (Å²) in [5.41, 5.74) is 8.25. The zero-order valence-corrected chi connectivity index (χ0v) is 72.6. The van der Waals surface area contributed by atoms with Gasteiger partial charge in [-0.3, -0.25) is 24.5 Å². The van der Waals surface area contributed by atoms with Gasteiger partial charge < -0.3 is 71.6 Å². The first kappa shape index (κ1) is 90.0. The van der Waals surface area contributed by atoms with Crippen LogP contribution in [0.4, 0.5) is 24.0 Å². The minimum Gasteiger partial charge on any atom is -0.467 e. The number of ether oxygens (including phenoxy) is 10. The average Bonchev–Trinajstić information content (AvgIpc) is 0.774. The number of nitrogens with zero attached hydrogens (tertiary/aromatic N) is 10. The van der Waals surface area contributed by atoms with E-state index < -0.39 is 54.8 Å². The quantitative estimate of drug-likeness (QED) is 0.0812. The number of rotatable bonds is 16. The predicted molar refractivity (Wildman–Crippen MR) is 491 cm³/mol. The molecule has 0 aromatic heterocycles. The Morgan fingerprint density at radius 3 is 0.880 bits per heavy atom. The first-order valence-corrected chi connectivity index (χ1v) is 43.3. The van der Waals surface area contributed by atoms with E-state index in [4.69, 9.17) is 66.8 Å². The largest absolute Gasteiger partial charge is 0.467 e. The number of methoxy groups -OCH3 is 2. The Balaban J connectivity index is 0.000000122. The van der Waals surface area contributed by atoms with Crippen LogP contribution < -0.4 is 9.47 Å². The van der Waals surface area contributed by atoms with Crippen molar-refractivity contribution in [2.75, 3.05) is 33.9 Å². The number of fused-ring (bicyclic) bond motifs is 5. The smallest absolute Gasteiger partial charge is 0.419 e. The minimum absolute atomic E-state index is 0.231. The molecule has 10 aromatic rings. The van der Waals surface area contributed by atoms with Crippen molar-refractivity contribution >= 4 is 60.0 Å². The summed E-state index contributed by atoms with van der Waals surface area (Å²) < 4.78 is 55.7. The molecular formula is C103H96N10O20. The highest BCUT2D eigenvalue weighted by molar-refractivity contribution is 5.83. The third-order valence-electron chi connectivity index (χ3n) is 22.0. The maximum atomic E-state index is 13.1. The molecule has 5 unspecified atom stereocenters. The maximum absolute atomic E-state index is 13.1. The van der Waals surface area contributed by atoms with Gasteiger partial charge in [0.2, 0.25) is 29.5 Å². The summed E-state index contributed by atoms with van der Waals surface area (Å²) in [5.74, 6) is 3.61. The molecule has 20 rings (SSSR count). The van der Waals surface area contributed by atoms with E-state index in [1.54, 1.807) is 79.6 Å². The highest BCUT2D eigenvalue weighted by Crippen LogP contribution is 2.39. The first-order chi connectivity index (χ1) is 65.3. The topological polar surface area (TPSA) is 302 Å².